The lowest BCUT2D eigenvalue weighted by Gasteiger charge is -2.31. The highest BCUT2D eigenvalue weighted by Crippen LogP contribution is 2.23. The van der Waals surface area contributed by atoms with E-state index in [1.165, 1.54) is 11.3 Å². The van der Waals surface area contributed by atoms with Gasteiger partial charge in [-0.1, -0.05) is 12.1 Å². The number of likely N-dealkylation sites (N-methyl/N-ethyl adjacent to an activating group) is 1. The van der Waals surface area contributed by atoms with Gasteiger partial charge in [-0.25, -0.2) is 0 Å². The number of likely N-dealkylation sites (tertiary alicyclic amines) is 1. The van der Waals surface area contributed by atoms with Crippen molar-refractivity contribution in [2.24, 2.45) is 0 Å². The molecule has 5 heteroatoms. The Labute approximate surface area is 138 Å². The van der Waals surface area contributed by atoms with Gasteiger partial charge in [-0.3, -0.25) is 10.1 Å². The molecule has 23 heavy (non-hydrogen) atoms. The predicted octanol–water partition coefficient (Wildman–Crippen LogP) is 1.53. The van der Waals surface area contributed by atoms with Crippen molar-refractivity contribution in [3.8, 4) is 0 Å². The first kappa shape index (κ1) is 16.3. The number of nitrogens with zero attached hydrogens (tertiary/aromatic N) is 2. The molecule has 2 unspecified atom stereocenters. The molecule has 1 aromatic rings. The van der Waals surface area contributed by atoms with E-state index < -0.39 is 0 Å². The van der Waals surface area contributed by atoms with Gasteiger partial charge in [0.1, 0.15) is 0 Å². The average molecular weight is 317 g/mol. The van der Waals surface area contributed by atoms with E-state index in [0.717, 1.165) is 38.9 Å². The van der Waals surface area contributed by atoms with Gasteiger partial charge in [-0.2, -0.15) is 0 Å². The summed E-state index contributed by atoms with van der Waals surface area (Å²) in [5.74, 6) is 0.195. The van der Waals surface area contributed by atoms with E-state index >= 15 is 0 Å². The highest BCUT2D eigenvalue weighted by atomic mass is 16.3. The second-order valence-corrected chi connectivity index (χ2v) is 6.80. The molecule has 2 heterocycles. The maximum atomic E-state index is 12.0. The number of rotatable bonds is 4. The van der Waals surface area contributed by atoms with Crippen molar-refractivity contribution in [2.45, 2.75) is 44.4 Å². The summed E-state index contributed by atoms with van der Waals surface area (Å²) in [6, 6.07) is 8.68. The van der Waals surface area contributed by atoms with E-state index in [2.05, 4.69) is 41.4 Å². The Morgan fingerprint density at radius 2 is 1.78 bits per heavy atom. The lowest BCUT2D eigenvalue weighted by molar-refractivity contribution is -0.128. The molecular weight excluding hydrogens is 290 g/mol. The van der Waals surface area contributed by atoms with Gasteiger partial charge in [0, 0.05) is 38.4 Å². The van der Waals surface area contributed by atoms with Crippen LogP contribution in [0, 0.1) is 0 Å². The van der Waals surface area contributed by atoms with E-state index in [9.17, 15) is 9.90 Å². The van der Waals surface area contributed by atoms with E-state index in [-0.39, 0.29) is 24.1 Å². The number of hydrogen-bond donors (Lipinski definition) is 2. The molecule has 2 saturated heterocycles. The molecule has 5 nitrogen and oxygen atoms in total. The zero-order valence-corrected chi connectivity index (χ0v) is 14.0. The topological polar surface area (TPSA) is 55.8 Å². The van der Waals surface area contributed by atoms with E-state index in [1.807, 2.05) is 7.05 Å². The van der Waals surface area contributed by atoms with Gasteiger partial charge in [0.25, 0.3) is 0 Å². The van der Waals surface area contributed by atoms with Crippen LogP contribution in [0.3, 0.4) is 0 Å². The van der Waals surface area contributed by atoms with E-state index in [4.69, 9.17) is 0 Å². The molecule has 2 N–H and O–H groups in total. The Hall–Kier alpha value is -1.59. The first-order chi connectivity index (χ1) is 11.0. The van der Waals surface area contributed by atoms with Crippen LogP contribution in [0.1, 0.15) is 37.8 Å². The summed E-state index contributed by atoms with van der Waals surface area (Å²) < 4.78 is 0. The molecule has 1 amide bonds. The van der Waals surface area contributed by atoms with Crippen molar-refractivity contribution in [3.05, 3.63) is 29.8 Å². The number of carbonyl (C=O) groups is 1. The second-order valence-electron chi connectivity index (χ2n) is 6.80. The number of hydrogen-bond acceptors (Lipinski definition) is 4. The number of nitrogens with one attached hydrogen (secondary N) is 1. The average Bonchev–Trinajstić information content (AvgIpc) is 2.88. The first-order valence-corrected chi connectivity index (χ1v) is 8.58. The van der Waals surface area contributed by atoms with Gasteiger partial charge < -0.3 is 14.9 Å². The Morgan fingerprint density at radius 3 is 2.35 bits per heavy atom. The van der Waals surface area contributed by atoms with E-state index in [1.54, 1.807) is 4.90 Å². The van der Waals surface area contributed by atoms with Crippen LogP contribution in [-0.4, -0.2) is 54.7 Å². The third-order valence-electron chi connectivity index (χ3n) is 5.10. The quantitative estimate of drug-likeness (QED) is 0.884. The molecule has 0 radical (unpaired) electrons. The van der Waals surface area contributed by atoms with E-state index in [0.29, 0.717) is 0 Å². The van der Waals surface area contributed by atoms with Gasteiger partial charge in [-0.15, -0.1) is 0 Å². The normalized spacial score (nSPS) is 24.3. The Balaban J connectivity index is 1.59. The van der Waals surface area contributed by atoms with Gasteiger partial charge in [0.2, 0.25) is 5.91 Å². The molecule has 2 aliphatic rings. The van der Waals surface area contributed by atoms with Gasteiger partial charge in [0.15, 0.2) is 0 Å². The number of piperidine rings is 1. The van der Waals surface area contributed by atoms with Crippen molar-refractivity contribution in [1.29, 1.82) is 0 Å². The van der Waals surface area contributed by atoms with Crippen LogP contribution in [0.25, 0.3) is 0 Å². The fraction of sp³-hybridized carbons (Fsp3) is 0.611. The fourth-order valence-corrected chi connectivity index (χ4v) is 3.47. The predicted molar refractivity (Wildman–Crippen MR) is 91.5 cm³/mol. The minimum atomic E-state index is -0.142. The largest absolute Gasteiger partial charge is 0.393 e. The molecule has 3 rings (SSSR count). The minimum absolute atomic E-state index is 0.0572. The molecule has 0 bridgehead atoms. The highest BCUT2D eigenvalue weighted by Gasteiger charge is 2.29. The second kappa shape index (κ2) is 6.89. The summed E-state index contributed by atoms with van der Waals surface area (Å²) in [5, 5.41) is 13.0. The fourth-order valence-electron chi connectivity index (χ4n) is 3.47. The number of carbonyl (C=O) groups excluding carboxylic acids is 1. The lowest BCUT2D eigenvalue weighted by Crippen LogP contribution is -2.38. The molecule has 126 valence electrons. The van der Waals surface area contributed by atoms with Crippen molar-refractivity contribution in [3.63, 3.8) is 0 Å². The molecule has 0 spiro atoms. The van der Waals surface area contributed by atoms with Crippen LogP contribution in [0.2, 0.25) is 0 Å². The van der Waals surface area contributed by atoms with Crippen LogP contribution in [-0.2, 0) is 4.79 Å². The van der Waals surface area contributed by atoms with Crippen LogP contribution in [0.4, 0.5) is 5.69 Å². The molecular formula is C18H27N3O2. The van der Waals surface area contributed by atoms with Crippen molar-refractivity contribution < 1.29 is 9.90 Å². The summed E-state index contributed by atoms with van der Waals surface area (Å²) in [6.07, 6.45) is 2.43. The third-order valence-corrected chi connectivity index (χ3v) is 5.10. The number of amides is 1. The molecule has 2 aliphatic heterocycles. The molecule has 0 aromatic heterocycles. The van der Waals surface area contributed by atoms with Crippen molar-refractivity contribution >= 4 is 11.6 Å². The summed E-state index contributed by atoms with van der Waals surface area (Å²) in [5.41, 5.74) is 2.41. The maximum Gasteiger partial charge on any atom is 0.239 e. The van der Waals surface area contributed by atoms with Crippen molar-refractivity contribution in [1.82, 2.24) is 10.2 Å². The standard InChI is InChI=1S/C18H27N3O2/c1-13(19-17-9-10-20(2)18(17)23)14-3-5-15(6-4-14)21-11-7-16(22)8-12-21/h3-6,13,16-17,19,22H,7-12H2,1-2H3. The van der Waals surface area contributed by atoms with Crippen LogP contribution < -0.4 is 10.2 Å². The highest BCUT2D eigenvalue weighted by molar-refractivity contribution is 5.83. The number of benzene rings is 1. The molecule has 0 saturated carbocycles. The first-order valence-electron chi connectivity index (χ1n) is 8.58. The van der Waals surface area contributed by atoms with Crippen LogP contribution in [0.5, 0.6) is 0 Å². The molecule has 0 aliphatic carbocycles. The number of aliphatic hydroxyl groups excluding tert-OH is 1. The Morgan fingerprint density at radius 1 is 1.13 bits per heavy atom. The number of aliphatic hydroxyl groups is 1. The summed E-state index contributed by atoms with van der Waals surface area (Å²) in [4.78, 5) is 16.1. The summed E-state index contributed by atoms with van der Waals surface area (Å²) in [6.45, 7) is 4.77. The van der Waals surface area contributed by atoms with Crippen LogP contribution >= 0.6 is 0 Å². The Kier molecular flexibility index (Phi) is 4.87. The monoisotopic (exact) mass is 317 g/mol. The maximum absolute atomic E-state index is 12.0. The smallest absolute Gasteiger partial charge is 0.239 e. The number of anilines is 1. The lowest BCUT2D eigenvalue weighted by atomic mass is 10.0. The minimum Gasteiger partial charge on any atom is -0.393 e. The molecule has 1 aromatic carbocycles. The SMILES string of the molecule is CC(NC1CCN(C)C1=O)c1ccc(N2CCC(O)CC2)cc1. The van der Waals surface area contributed by atoms with Gasteiger partial charge in [0.05, 0.1) is 12.1 Å². The Bertz CT molecular complexity index is 538. The van der Waals surface area contributed by atoms with Crippen molar-refractivity contribution in [2.75, 3.05) is 31.6 Å². The zero-order valence-electron chi connectivity index (χ0n) is 14.0. The molecule has 2 fully saturated rings. The van der Waals surface area contributed by atoms with Gasteiger partial charge in [-0.05, 0) is 43.9 Å². The van der Waals surface area contributed by atoms with Gasteiger partial charge >= 0.3 is 0 Å². The molecule has 2 atom stereocenters. The zero-order chi connectivity index (χ0) is 16.4. The summed E-state index contributed by atoms with van der Waals surface area (Å²) in [7, 11) is 1.86. The van der Waals surface area contributed by atoms with Crippen LogP contribution in [0.15, 0.2) is 24.3 Å². The summed E-state index contributed by atoms with van der Waals surface area (Å²) >= 11 is 0. The third kappa shape index (κ3) is 3.67.